The third-order valence-electron chi connectivity index (χ3n) is 3.00. The van der Waals surface area contributed by atoms with Gasteiger partial charge in [0.15, 0.2) is 5.60 Å². The van der Waals surface area contributed by atoms with Gasteiger partial charge in [-0.25, -0.2) is 4.79 Å². The molecule has 18 heavy (non-hydrogen) atoms. The van der Waals surface area contributed by atoms with E-state index < -0.39 is 15.9 Å². The number of rotatable bonds is 4. The van der Waals surface area contributed by atoms with Gasteiger partial charge in [-0.1, -0.05) is 12.1 Å². The highest BCUT2D eigenvalue weighted by molar-refractivity contribution is 6.51. The van der Waals surface area contributed by atoms with Crippen molar-refractivity contribution in [1.82, 2.24) is 0 Å². The number of carboxylic acid groups (broad SMARTS) is 1. The molecule has 0 unspecified atom stereocenters. The summed E-state index contributed by atoms with van der Waals surface area (Å²) in [7, 11) is 0. The molecule has 0 bridgehead atoms. The monoisotopic (exact) mass is 288 g/mol. The highest BCUT2D eigenvalue weighted by atomic mass is 35.5. The third-order valence-corrected chi connectivity index (χ3v) is 3.83. The van der Waals surface area contributed by atoms with Crippen LogP contribution in [0.1, 0.15) is 31.7 Å². The van der Waals surface area contributed by atoms with E-state index >= 15 is 0 Å². The van der Waals surface area contributed by atoms with Crippen molar-refractivity contribution in [2.45, 2.75) is 36.1 Å². The summed E-state index contributed by atoms with van der Waals surface area (Å²) in [6.07, 6.45) is 0.747. The molecule has 1 atom stereocenters. The lowest BCUT2D eigenvalue weighted by atomic mass is 10.1. The molecule has 0 aliphatic heterocycles. The van der Waals surface area contributed by atoms with Crippen molar-refractivity contribution < 1.29 is 14.6 Å². The number of carbonyl (C=O) groups is 1. The van der Waals surface area contributed by atoms with Crippen LogP contribution in [-0.2, 0) is 4.79 Å². The summed E-state index contributed by atoms with van der Waals surface area (Å²) in [4.78, 5) is 10.9. The van der Waals surface area contributed by atoms with Gasteiger partial charge >= 0.3 is 5.97 Å². The van der Waals surface area contributed by atoms with E-state index in [0.717, 1.165) is 12.0 Å². The molecule has 1 saturated carbocycles. The smallest absolute Gasteiger partial charge is 0.347 e. The Kier molecular flexibility index (Phi) is 3.24. The maximum atomic E-state index is 10.9. The second-order valence-electron chi connectivity index (χ2n) is 5.00. The molecular formula is C13H14Cl2O3. The molecule has 0 radical (unpaired) electrons. The summed E-state index contributed by atoms with van der Waals surface area (Å²) in [5.41, 5.74) is -0.204. The van der Waals surface area contributed by atoms with Crippen LogP contribution in [0.2, 0.25) is 0 Å². The largest absolute Gasteiger partial charge is 0.478 e. The fourth-order valence-electron chi connectivity index (χ4n) is 1.68. The average molecular weight is 289 g/mol. The number of ether oxygens (including phenoxy) is 1. The Hall–Kier alpha value is -0.930. The fraction of sp³-hybridized carbons (Fsp3) is 0.462. The fourth-order valence-corrected chi connectivity index (χ4v) is 2.24. The van der Waals surface area contributed by atoms with E-state index in [4.69, 9.17) is 33.0 Å². The van der Waals surface area contributed by atoms with Gasteiger partial charge in [-0.3, -0.25) is 0 Å². The van der Waals surface area contributed by atoms with Crippen molar-refractivity contribution in [3.05, 3.63) is 29.8 Å². The van der Waals surface area contributed by atoms with Crippen LogP contribution < -0.4 is 4.74 Å². The van der Waals surface area contributed by atoms with Gasteiger partial charge in [0.1, 0.15) is 10.1 Å². The van der Waals surface area contributed by atoms with Gasteiger partial charge < -0.3 is 9.84 Å². The Morgan fingerprint density at radius 2 is 1.89 bits per heavy atom. The van der Waals surface area contributed by atoms with E-state index in [1.807, 2.05) is 12.1 Å². The molecule has 1 aromatic rings. The van der Waals surface area contributed by atoms with Crippen molar-refractivity contribution in [2.75, 3.05) is 0 Å². The van der Waals surface area contributed by atoms with Gasteiger partial charge in [0.25, 0.3) is 0 Å². The van der Waals surface area contributed by atoms with Crippen molar-refractivity contribution in [3.63, 3.8) is 0 Å². The summed E-state index contributed by atoms with van der Waals surface area (Å²) in [5, 5.41) is 8.96. The highest BCUT2D eigenvalue weighted by Gasteiger charge is 2.52. The Morgan fingerprint density at radius 1 is 1.39 bits per heavy atom. The van der Waals surface area contributed by atoms with Gasteiger partial charge in [-0.15, -0.1) is 23.2 Å². The highest BCUT2D eigenvalue weighted by Crippen LogP contribution is 2.59. The SMILES string of the molecule is CC(C)(Oc1ccc([C@H]2CC2(Cl)Cl)cc1)C(=O)O. The molecule has 0 saturated heterocycles. The minimum atomic E-state index is -1.25. The lowest BCUT2D eigenvalue weighted by Crippen LogP contribution is -2.37. The van der Waals surface area contributed by atoms with Crippen LogP contribution in [0.15, 0.2) is 24.3 Å². The van der Waals surface area contributed by atoms with Crippen LogP contribution in [-0.4, -0.2) is 21.0 Å². The van der Waals surface area contributed by atoms with Gasteiger partial charge in [0.05, 0.1) is 0 Å². The van der Waals surface area contributed by atoms with Crippen molar-refractivity contribution in [3.8, 4) is 5.75 Å². The Morgan fingerprint density at radius 3 is 2.28 bits per heavy atom. The zero-order valence-corrected chi connectivity index (χ0v) is 11.6. The number of carboxylic acids is 1. The second-order valence-corrected chi connectivity index (χ2v) is 6.55. The number of hydrogen-bond donors (Lipinski definition) is 1. The second kappa shape index (κ2) is 4.32. The normalized spacial score (nSPS) is 21.4. The van der Waals surface area contributed by atoms with Crippen LogP contribution in [0, 0.1) is 0 Å². The molecular weight excluding hydrogens is 275 g/mol. The van der Waals surface area contributed by atoms with Crippen LogP contribution >= 0.6 is 23.2 Å². The number of aliphatic carboxylic acids is 1. The molecule has 0 heterocycles. The molecule has 1 aliphatic rings. The minimum absolute atomic E-state index is 0.155. The van der Waals surface area contributed by atoms with E-state index in [-0.39, 0.29) is 5.92 Å². The van der Waals surface area contributed by atoms with E-state index in [9.17, 15) is 4.79 Å². The summed E-state index contributed by atoms with van der Waals surface area (Å²) < 4.78 is 4.75. The van der Waals surface area contributed by atoms with Gasteiger partial charge in [-0.2, -0.15) is 0 Å². The van der Waals surface area contributed by atoms with Crippen LogP contribution in [0.25, 0.3) is 0 Å². The first-order valence-electron chi connectivity index (χ1n) is 5.62. The van der Waals surface area contributed by atoms with Crippen LogP contribution in [0.5, 0.6) is 5.75 Å². The standard InChI is InChI=1S/C13H14Cl2O3/c1-12(2,11(16)17)18-9-5-3-8(4-6-9)10-7-13(10,14)15/h3-6,10H,7H2,1-2H3,(H,16,17)/t10-/m1/s1. The van der Waals surface area contributed by atoms with E-state index in [1.54, 1.807) is 12.1 Å². The molecule has 1 aromatic carbocycles. The zero-order valence-electron chi connectivity index (χ0n) is 10.1. The first-order chi connectivity index (χ1) is 8.22. The molecule has 1 fully saturated rings. The maximum Gasteiger partial charge on any atom is 0.347 e. The zero-order chi connectivity index (χ0) is 13.6. The third kappa shape index (κ3) is 2.73. The maximum absolute atomic E-state index is 10.9. The van der Waals surface area contributed by atoms with E-state index in [1.165, 1.54) is 13.8 Å². The van der Waals surface area contributed by atoms with Crippen LogP contribution in [0.3, 0.4) is 0 Å². The Balaban J connectivity index is 2.07. The number of benzene rings is 1. The first-order valence-corrected chi connectivity index (χ1v) is 6.38. The average Bonchev–Trinajstić information content (AvgIpc) is 2.88. The Labute approximate surface area is 116 Å². The molecule has 98 valence electrons. The van der Waals surface area contributed by atoms with Gasteiger partial charge in [-0.05, 0) is 38.0 Å². The first kappa shape index (κ1) is 13.5. The summed E-state index contributed by atoms with van der Waals surface area (Å²) in [5.74, 6) is -0.335. The molecule has 0 amide bonds. The summed E-state index contributed by atoms with van der Waals surface area (Å²) in [6, 6.07) is 7.21. The van der Waals surface area contributed by atoms with Crippen molar-refractivity contribution >= 4 is 29.2 Å². The van der Waals surface area contributed by atoms with E-state index in [2.05, 4.69) is 0 Å². The molecule has 1 aliphatic carbocycles. The lowest BCUT2D eigenvalue weighted by molar-refractivity contribution is -0.152. The lowest BCUT2D eigenvalue weighted by Gasteiger charge is -2.21. The van der Waals surface area contributed by atoms with Gasteiger partial charge in [0, 0.05) is 5.92 Å². The summed E-state index contributed by atoms with van der Waals surface area (Å²) >= 11 is 12.0. The topological polar surface area (TPSA) is 46.5 Å². The van der Waals surface area contributed by atoms with E-state index in [0.29, 0.717) is 5.75 Å². The van der Waals surface area contributed by atoms with Crippen LogP contribution in [0.4, 0.5) is 0 Å². The quantitative estimate of drug-likeness (QED) is 0.862. The predicted molar refractivity (Wildman–Crippen MR) is 70.6 cm³/mol. The number of hydrogen-bond acceptors (Lipinski definition) is 2. The molecule has 2 rings (SSSR count). The Bertz CT molecular complexity index is 466. The molecule has 3 nitrogen and oxygen atoms in total. The van der Waals surface area contributed by atoms with Crippen molar-refractivity contribution in [1.29, 1.82) is 0 Å². The number of halogens is 2. The number of alkyl halides is 2. The molecule has 0 aromatic heterocycles. The molecule has 5 heteroatoms. The molecule has 1 N–H and O–H groups in total. The summed E-state index contributed by atoms with van der Waals surface area (Å²) in [6.45, 7) is 3.01. The predicted octanol–water partition coefficient (Wildman–Crippen LogP) is 3.59. The molecule has 0 spiro atoms. The van der Waals surface area contributed by atoms with Crippen molar-refractivity contribution in [2.24, 2.45) is 0 Å². The van der Waals surface area contributed by atoms with Gasteiger partial charge in [0.2, 0.25) is 0 Å². The minimum Gasteiger partial charge on any atom is -0.478 e.